The van der Waals surface area contributed by atoms with Gasteiger partial charge >= 0.3 is 18.1 Å². The van der Waals surface area contributed by atoms with Crippen LogP contribution in [0.4, 0.5) is 23.4 Å². The Morgan fingerprint density at radius 2 is 2.00 bits per heavy atom. The summed E-state index contributed by atoms with van der Waals surface area (Å²) in [5, 5.41) is 8.69. The van der Waals surface area contributed by atoms with E-state index in [1.54, 1.807) is 4.90 Å². The highest BCUT2D eigenvalue weighted by atomic mass is 35.5. The van der Waals surface area contributed by atoms with Crippen LogP contribution in [0, 0.1) is 23.1 Å². The molecule has 0 unspecified atom stereocenters. The topological polar surface area (TPSA) is 83.3 Å². The second kappa shape index (κ2) is 7.86. The molecule has 0 spiro atoms. The molecule has 1 aromatic heterocycles. The predicted molar refractivity (Wildman–Crippen MR) is 80.6 cm³/mol. The molecule has 0 bridgehead atoms. The number of ether oxygens (including phenoxy) is 1. The highest BCUT2D eigenvalue weighted by Crippen LogP contribution is 2.29. The Balaban J connectivity index is 1.94. The lowest BCUT2D eigenvalue weighted by atomic mass is 9.93. The fourth-order valence-electron chi connectivity index (χ4n) is 2.57. The van der Waals surface area contributed by atoms with Crippen LogP contribution in [-0.2, 0) is 14.3 Å². The van der Waals surface area contributed by atoms with E-state index < -0.39 is 23.9 Å². The van der Waals surface area contributed by atoms with Gasteiger partial charge in [-0.3, -0.25) is 4.79 Å². The van der Waals surface area contributed by atoms with Gasteiger partial charge in [0.25, 0.3) is 0 Å². The number of anilines is 1. The quantitative estimate of drug-likeness (QED) is 0.340. The van der Waals surface area contributed by atoms with Gasteiger partial charge in [0, 0.05) is 19.5 Å². The van der Waals surface area contributed by atoms with E-state index in [0.717, 1.165) is 6.07 Å². The molecular formula is C15H12ClF4N3O3. The van der Waals surface area contributed by atoms with Crippen LogP contribution >= 0.6 is 11.6 Å². The lowest BCUT2D eigenvalue weighted by Crippen LogP contribution is -2.36. The lowest BCUT2D eigenvalue weighted by Gasteiger charge is -2.32. The van der Waals surface area contributed by atoms with E-state index in [1.165, 1.54) is 0 Å². The van der Waals surface area contributed by atoms with Crippen molar-refractivity contribution in [2.24, 2.45) is 5.92 Å². The molecule has 6 nitrogen and oxygen atoms in total. The summed E-state index contributed by atoms with van der Waals surface area (Å²) in [7, 11) is 0. The number of alkyl halides is 3. The number of esters is 2. The summed E-state index contributed by atoms with van der Waals surface area (Å²) < 4.78 is 53.3. The van der Waals surface area contributed by atoms with Gasteiger partial charge < -0.3 is 9.64 Å². The third-order valence-electron chi connectivity index (χ3n) is 3.84. The molecule has 0 aromatic carbocycles. The van der Waals surface area contributed by atoms with Gasteiger partial charge in [-0.05, 0) is 24.8 Å². The highest BCUT2D eigenvalue weighted by molar-refractivity contribution is 6.29. The Kier molecular flexibility index (Phi) is 6.02. The third kappa shape index (κ3) is 4.82. The average molecular weight is 394 g/mol. The molecule has 1 aromatic rings. The van der Waals surface area contributed by atoms with E-state index in [-0.39, 0.29) is 28.9 Å². The molecule has 1 aliphatic heterocycles. The van der Waals surface area contributed by atoms with Gasteiger partial charge in [-0.25, -0.2) is 14.2 Å². The van der Waals surface area contributed by atoms with E-state index in [4.69, 9.17) is 16.9 Å². The number of rotatable bonds is 3. The molecule has 2 rings (SSSR count). The minimum Gasteiger partial charge on any atom is -0.386 e. The molecule has 26 heavy (non-hydrogen) atoms. The zero-order valence-corrected chi connectivity index (χ0v) is 13.9. The number of nitriles is 1. The van der Waals surface area contributed by atoms with Crippen LogP contribution in [0.5, 0.6) is 0 Å². The molecule has 1 aliphatic rings. The van der Waals surface area contributed by atoms with Gasteiger partial charge in [-0.2, -0.15) is 18.4 Å². The summed E-state index contributed by atoms with van der Waals surface area (Å²) in [6, 6.07) is 2.79. The number of piperidine rings is 1. The second-order valence-corrected chi connectivity index (χ2v) is 6.00. The minimum atomic E-state index is -5.22. The number of hydrogen-bond acceptors (Lipinski definition) is 6. The van der Waals surface area contributed by atoms with Crippen LogP contribution in [0.1, 0.15) is 24.8 Å². The molecule has 0 atom stereocenters. The smallest absolute Gasteiger partial charge is 0.386 e. The van der Waals surface area contributed by atoms with Crippen molar-refractivity contribution in [1.29, 1.82) is 5.26 Å². The molecule has 0 amide bonds. The average Bonchev–Trinajstić information content (AvgIpc) is 2.56. The maximum absolute atomic E-state index is 13.4. The van der Waals surface area contributed by atoms with Gasteiger partial charge in [0.2, 0.25) is 0 Å². The molecular weight excluding hydrogens is 382 g/mol. The maximum Gasteiger partial charge on any atom is 0.491 e. The van der Waals surface area contributed by atoms with Gasteiger partial charge in [0.1, 0.15) is 11.9 Å². The number of carbonyl (C=O) groups is 2. The van der Waals surface area contributed by atoms with E-state index in [9.17, 15) is 27.2 Å². The predicted octanol–water partition coefficient (Wildman–Crippen LogP) is 2.98. The first kappa shape index (κ1) is 19.9. The summed E-state index contributed by atoms with van der Waals surface area (Å²) >= 11 is 5.64. The molecule has 0 saturated carbocycles. The van der Waals surface area contributed by atoms with Crippen LogP contribution in [0.15, 0.2) is 6.07 Å². The first-order valence-electron chi connectivity index (χ1n) is 7.44. The second-order valence-electron chi connectivity index (χ2n) is 5.64. The van der Waals surface area contributed by atoms with Gasteiger partial charge in [-0.15, -0.1) is 0 Å². The number of halogens is 5. The summed E-state index contributed by atoms with van der Waals surface area (Å²) in [4.78, 5) is 27.6. The van der Waals surface area contributed by atoms with Crippen LogP contribution in [-0.4, -0.2) is 36.2 Å². The SMILES string of the molecule is N#Cc1cc(F)c(Cl)nc1N1CCC(CC(=O)OC(=O)C(F)(F)F)CC1. The molecule has 0 N–H and O–H groups in total. The van der Waals surface area contributed by atoms with Crippen LogP contribution in [0.2, 0.25) is 5.15 Å². The number of hydrogen-bond donors (Lipinski definition) is 0. The first-order chi connectivity index (χ1) is 12.1. The van der Waals surface area contributed by atoms with Gasteiger partial charge in [-0.1, -0.05) is 11.6 Å². The zero-order chi connectivity index (χ0) is 19.5. The molecule has 11 heteroatoms. The normalized spacial score (nSPS) is 15.5. The third-order valence-corrected chi connectivity index (χ3v) is 4.11. The van der Waals surface area contributed by atoms with Gasteiger partial charge in [0.15, 0.2) is 11.0 Å². The Morgan fingerprint density at radius 3 is 2.54 bits per heavy atom. The molecule has 140 valence electrons. The van der Waals surface area contributed by atoms with Crippen LogP contribution < -0.4 is 4.90 Å². The Morgan fingerprint density at radius 1 is 1.38 bits per heavy atom. The fourth-order valence-corrected chi connectivity index (χ4v) is 2.70. The number of aromatic nitrogens is 1. The standard InChI is InChI=1S/C15H12ClF4N3O3/c16-12-10(17)6-9(7-21)13(22-12)23-3-1-8(2-4-23)5-11(24)26-14(25)15(18,19)20/h6,8H,1-5H2. The molecule has 1 fully saturated rings. The van der Waals surface area contributed by atoms with Crippen molar-refractivity contribution in [3.8, 4) is 6.07 Å². The van der Waals surface area contributed by atoms with Crippen molar-refractivity contribution in [1.82, 2.24) is 4.98 Å². The van der Waals surface area contributed by atoms with Crippen molar-refractivity contribution in [3.63, 3.8) is 0 Å². The van der Waals surface area contributed by atoms with Crippen molar-refractivity contribution >= 4 is 29.4 Å². The van der Waals surface area contributed by atoms with E-state index >= 15 is 0 Å². The molecule has 0 radical (unpaired) electrons. The minimum absolute atomic E-state index is 0.000494. The van der Waals surface area contributed by atoms with Crippen molar-refractivity contribution in [2.75, 3.05) is 18.0 Å². The Bertz CT molecular complexity index is 756. The fraction of sp³-hybridized carbons (Fsp3) is 0.467. The van der Waals surface area contributed by atoms with E-state index in [2.05, 4.69) is 9.72 Å². The van der Waals surface area contributed by atoms with Crippen molar-refractivity contribution in [3.05, 3.63) is 22.6 Å². The number of pyridine rings is 1. The summed E-state index contributed by atoms with van der Waals surface area (Å²) in [6.45, 7) is 0.656. The highest BCUT2D eigenvalue weighted by Gasteiger charge is 2.42. The van der Waals surface area contributed by atoms with Gasteiger partial charge in [0.05, 0.1) is 5.56 Å². The number of carbonyl (C=O) groups excluding carboxylic acids is 2. The zero-order valence-electron chi connectivity index (χ0n) is 13.1. The summed E-state index contributed by atoms with van der Waals surface area (Å²) in [5.41, 5.74) is 0.000494. The van der Waals surface area contributed by atoms with Crippen LogP contribution in [0.3, 0.4) is 0 Å². The largest absolute Gasteiger partial charge is 0.491 e. The number of nitrogens with zero attached hydrogens (tertiary/aromatic N) is 3. The van der Waals surface area contributed by atoms with E-state index in [0.29, 0.717) is 25.9 Å². The molecule has 0 aliphatic carbocycles. The molecule has 2 heterocycles. The maximum atomic E-state index is 13.4. The Labute approximate surface area is 150 Å². The summed E-state index contributed by atoms with van der Waals surface area (Å²) in [6.07, 6.45) is -4.79. The Hall–Kier alpha value is -2.41. The first-order valence-corrected chi connectivity index (χ1v) is 7.82. The monoisotopic (exact) mass is 393 g/mol. The van der Waals surface area contributed by atoms with Crippen molar-refractivity contribution in [2.45, 2.75) is 25.4 Å². The molecule has 1 saturated heterocycles. The lowest BCUT2D eigenvalue weighted by molar-refractivity contribution is -0.202. The van der Waals surface area contributed by atoms with Crippen LogP contribution in [0.25, 0.3) is 0 Å². The summed E-state index contributed by atoms with van der Waals surface area (Å²) in [5.74, 6) is -4.69. The van der Waals surface area contributed by atoms with Crippen molar-refractivity contribution < 1.29 is 31.9 Å². The van der Waals surface area contributed by atoms with E-state index in [1.807, 2.05) is 6.07 Å².